The number of fused-ring (bicyclic) bond motifs is 1. The summed E-state index contributed by atoms with van der Waals surface area (Å²) in [5, 5.41) is 0.757. The lowest BCUT2D eigenvalue weighted by Crippen LogP contribution is -2.34. The van der Waals surface area contributed by atoms with Crippen molar-refractivity contribution in [3.8, 4) is 0 Å². The highest BCUT2D eigenvalue weighted by Gasteiger charge is 2.27. The molecule has 0 fully saturated rings. The maximum Gasteiger partial charge on any atom is 0.217 e. The van der Waals surface area contributed by atoms with Gasteiger partial charge in [0.2, 0.25) is 5.91 Å². The van der Waals surface area contributed by atoms with Crippen molar-refractivity contribution in [3.63, 3.8) is 0 Å². The standard InChI is InChI=1S/C20H23ClN2O.ClH/c21-16-3-1-2-14(10-16)12-18-17-11-13(5-9-20(23)24)4-6-15(17)7-8-19(18)22;/h1-4,6,10-11,18-19H,5,7-9,12,22H2,(H2,23,24);1H. The molecule has 1 aliphatic rings. The van der Waals surface area contributed by atoms with Crippen molar-refractivity contribution in [2.45, 2.75) is 44.1 Å². The zero-order chi connectivity index (χ0) is 17.1. The first-order chi connectivity index (χ1) is 11.5. The molecule has 2 aromatic carbocycles. The van der Waals surface area contributed by atoms with Crippen LogP contribution in [0.25, 0.3) is 0 Å². The second kappa shape index (κ2) is 8.70. The SMILES string of the molecule is Cl.NC(=O)CCc1ccc2c(c1)C(Cc1cccc(Cl)c1)C(N)CC2. The lowest BCUT2D eigenvalue weighted by Gasteiger charge is -2.32. The summed E-state index contributed by atoms with van der Waals surface area (Å²) >= 11 is 6.12. The summed E-state index contributed by atoms with van der Waals surface area (Å²) in [5.74, 6) is 0.0145. The number of rotatable bonds is 5. The van der Waals surface area contributed by atoms with Crippen LogP contribution in [0.2, 0.25) is 5.02 Å². The molecule has 2 atom stereocenters. The van der Waals surface area contributed by atoms with Gasteiger partial charge in [-0.1, -0.05) is 41.9 Å². The number of primary amides is 1. The molecule has 134 valence electrons. The smallest absolute Gasteiger partial charge is 0.217 e. The number of benzene rings is 2. The zero-order valence-corrected chi connectivity index (χ0v) is 15.7. The van der Waals surface area contributed by atoms with Crippen molar-refractivity contribution >= 4 is 29.9 Å². The summed E-state index contributed by atoms with van der Waals surface area (Å²) in [4.78, 5) is 11.0. The molecular formula is C20H24Cl2N2O. The predicted molar refractivity (Wildman–Crippen MR) is 105 cm³/mol. The highest BCUT2D eigenvalue weighted by Crippen LogP contribution is 2.34. The van der Waals surface area contributed by atoms with Gasteiger partial charge < -0.3 is 11.5 Å². The number of aryl methyl sites for hydroxylation is 2. The van der Waals surface area contributed by atoms with E-state index in [0.717, 1.165) is 29.8 Å². The van der Waals surface area contributed by atoms with Crippen LogP contribution in [0, 0.1) is 0 Å². The van der Waals surface area contributed by atoms with Crippen molar-refractivity contribution in [2.24, 2.45) is 11.5 Å². The van der Waals surface area contributed by atoms with Gasteiger partial charge in [0.25, 0.3) is 0 Å². The van der Waals surface area contributed by atoms with Crippen LogP contribution in [0.3, 0.4) is 0 Å². The predicted octanol–water partition coefficient (Wildman–Crippen LogP) is 3.78. The van der Waals surface area contributed by atoms with Gasteiger partial charge in [-0.2, -0.15) is 0 Å². The van der Waals surface area contributed by atoms with Gasteiger partial charge in [-0.05, 0) is 60.1 Å². The van der Waals surface area contributed by atoms with Crippen LogP contribution in [0.15, 0.2) is 42.5 Å². The largest absolute Gasteiger partial charge is 0.370 e. The third-order valence-corrected chi connectivity index (χ3v) is 5.11. The molecule has 0 saturated heterocycles. The maximum atomic E-state index is 11.0. The van der Waals surface area contributed by atoms with Crippen LogP contribution < -0.4 is 11.5 Å². The van der Waals surface area contributed by atoms with Crippen LogP contribution >= 0.6 is 24.0 Å². The number of halogens is 2. The maximum absolute atomic E-state index is 11.0. The Hall–Kier alpha value is -1.55. The van der Waals surface area contributed by atoms with E-state index >= 15 is 0 Å². The fourth-order valence-corrected chi connectivity index (χ4v) is 3.79. The summed E-state index contributed by atoms with van der Waals surface area (Å²) in [7, 11) is 0. The summed E-state index contributed by atoms with van der Waals surface area (Å²) in [6.07, 6.45) is 3.96. The number of nitrogens with two attached hydrogens (primary N) is 2. The minimum atomic E-state index is -0.264. The number of carbonyl (C=O) groups excluding carboxylic acids is 1. The molecule has 0 spiro atoms. The van der Waals surface area contributed by atoms with Crippen LogP contribution in [0.4, 0.5) is 0 Å². The highest BCUT2D eigenvalue weighted by atomic mass is 35.5. The average molecular weight is 379 g/mol. The van der Waals surface area contributed by atoms with Crippen LogP contribution in [-0.4, -0.2) is 11.9 Å². The molecule has 0 aromatic heterocycles. The Bertz CT molecular complexity index is 748. The van der Waals surface area contributed by atoms with E-state index in [9.17, 15) is 4.79 Å². The highest BCUT2D eigenvalue weighted by molar-refractivity contribution is 6.30. The van der Waals surface area contributed by atoms with Crippen LogP contribution in [-0.2, 0) is 24.1 Å². The molecule has 0 radical (unpaired) electrons. The van der Waals surface area contributed by atoms with E-state index in [-0.39, 0.29) is 30.3 Å². The molecule has 2 aromatic rings. The van der Waals surface area contributed by atoms with Crippen molar-refractivity contribution in [3.05, 3.63) is 69.7 Å². The van der Waals surface area contributed by atoms with Crippen molar-refractivity contribution in [1.82, 2.24) is 0 Å². The average Bonchev–Trinajstić information content (AvgIpc) is 2.55. The minimum Gasteiger partial charge on any atom is -0.370 e. The summed E-state index contributed by atoms with van der Waals surface area (Å²) in [6.45, 7) is 0. The molecule has 0 bridgehead atoms. The Balaban J connectivity index is 0.00000225. The molecule has 0 aliphatic heterocycles. The molecule has 3 rings (SSSR count). The van der Waals surface area contributed by atoms with Crippen LogP contribution in [0.5, 0.6) is 0 Å². The summed E-state index contributed by atoms with van der Waals surface area (Å²) in [6, 6.07) is 14.6. The number of carbonyl (C=O) groups is 1. The van der Waals surface area contributed by atoms with Gasteiger partial charge in [0.1, 0.15) is 0 Å². The molecule has 0 heterocycles. The van der Waals surface area contributed by atoms with Gasteiger partial charge in [-0.25, -0.2) is 0 Å². The molecule has 3 nitrogen and oxygen atoms in total. The number of hydrogen-bond donors (Lipinski definition) is 2. The Labute approximate surface area is 160 Å². The third-order valence-electron chi connectivity index (χ3n) is 4.88. The molecule has 25 heavy (non-hydrogen) atoms. The van der Waals surface area contributed by atoms with E-state index in [1.165, 1.54) is 16.7 Å². The number of amides is 1. The monoisotopic (exact) mass is 378 g/mol. The Kier molecular flexibility index (Phi) is 6.88. The molecule has 1 amide bonds. The van der Waals surface area contributed by atoms with Gasteiger partial charge in [0.15, 0.2) is 0 Å². The van der Waals surface area contributed by atoms with Gasteiger partial charge in [-0.15, -0.1) is 12.4 Å². The molecular weight excluding hydrogens is 355 g/mol. The van der Waals surface area contributed by atoms with Crippen molar-refractivity contribution in [2.75, 3.05) is 0 Å². The van der Waals surface area contributed by atoms with Gasteiger partial charge >= 0.3 is 0 Å². The lowest BCUT2D eigenvalue weighted by atomic mass is 9.76. The van der Waals surface area contributed by atoms with E-state index in [0.29, 0.717) is 12.8 Å². The quantitative estimate of drug-likeness (QED) is 0.830. The Morgan fingerprint density at radius 3 is 2.68 bits per heavy atom. The first-order valence-corrected chi connectivity index (χ1v) is 8.81. The summed E-state index contributed by atoms with van der Waals surface area (Å²) in [5.41, 5.74) is 16.8. The molecule has 2 unspecified atom stereocenters. The minimum absolute atomic E-state index is 0. The topological polar surface area (TPSA) is 69.1 Å². The van der Waals surface area contributed by atoms with E-state index in [4.69, 9.17) is 23.1 Å². The van der Waals surface area contributed by atoms with E-state index in [2.05, 4.69) is 24.3 Å². The second-order valence-corrected chi connectivity index (χ2v) is 7.08. The zero-order valence-electron chi connectivity index (χ0n) is 14.1. The van der Waals surface area contributed by atoms with E-state index < -0.39 is 0 Å². The Morgan fingerprint density at radius 1 is 1.16 bits per heavy atom. The third kappa shape index (κ3) is 4.97. The molecule has 5 heteroatoms. The second-order valence-electron chi connectivity index (χ2n) is 6.64. The van der Waals surface area contributed by atoms with Crippen molar-refractivity contribution < 1.29 is 4.79 Å². The first-order valence-electron chi connectivity index (χ1n) is 8.43. The van der Waals surface area contributed by atoms with E-state index in [1.54, 1.807) is 0 Å². The lowest BCUT2D eigenvalue weighted by molar-refractivity contribution is -0.117. The van der Waals surface area contributed by atoms with Gasteiger partial charge in [-0.3, -0.25) is 4.79 Å². The van der Waals surface area contributed by atoms with Gasteiger partial charge in [0.05, 0.1) is 0 Å². The Morgan fingerprint density at radius 2 is 1.96 bits per heavy atom. The fraction of sp³-hybridized carbons (Fsp3) is 0.350. The first kappa shape index (κ1) is 19.8. The normalized spacial score (nSPS) is 19.0. The fourth-order valence-electron chi connectivity index (χ4n) is 3.57. The van der Waals surface area contributed by atoms with Crippen LogP contribution in [0.1, 0.15) is 41.0 Å². The van der Waals surface area contributed by atoms with E-state index in [1.807, 2.05) is 18.2 Å². The van der Waals surface area contributed by atoms with Gasteiger partial charge in [0, 0.05) is 23.4 Å². The molecule has 4 N–H and O–H groups in total. The molecule has 1 aliphatic carbocycles. The summed E-state index contributed by atoms with van der Waals surface area (Å²) < 4.78 is 0. The van der Waals surface area contributed by atoms with Crippen molar-refractivity contribution in [1.29, 1.82) is 0 Å². The number of hydrogen-bond acceptors (Lipinski definition) is 2. The molecule has 0 saturated carbocycles.